The Bertz CT molecular complexity index is 955. The van der Waals surface area contributed by atoms with E-state index < -0.39 is 0 Å². The van der Waals surface area contributed by atoms with E-state index in [1.807, 2.05) is 24.3 Å². The molecule has 2 aromatic heterocycles. The molecule has 3 heterocycles. The standard InChI is InChI=1S/C18H16N4O2/c23-17(22-10-13-4-3-8-19-16(13)11-22)7-9-21-12-20-15-6-2-1-5-14(15)18(21)24/h1-6,8,12H,7,9-11H2. The van der Waals surface area contributed by atoms with Crippen LogP contribution in [0, 0.1) is 0 Å². The largest absolute Gasteiger partial charge is 0.332 e. The Morgan fingerprint density at radius 2 is 1.96 bits per heavy atom. The van der Waals surface area contributed by atoms with Crippen LogP contribution in [-0.2, 0) is 24.4 Å². The van der Waals surface area contributed by atoms with Gasteiger partial charge in [0.2, 0.25) is 5.91 Å². The molecule has 1 aliphatic heterocycles. The van der Waals surface area contributed by atoms with Crippen molar-refractivity contribution in [3.8, 4) is 0 Å². The molecule has 0 aliphatic carbocycles. The summed E-state index contributed by atoms with van der Waals surface area (Å²) >= 11 is 0. The highest BCUT2D eigenvalue weighted by Gasteiger charge is 2.23. The number of aryl methyl sites for hydroxylation is 1. The number of aromatic nitrogens is 3. The van der Waals surface area contributed by atoms with Gasteiger partial charge in [-0.2, -0.15) is 0 Å². The molecule has 120 valence electrons. The lowest BCUT2D eigenvalue weighted by molar-refractivity contribution is -0.132. The van der Waals surface area contributed by atoms with E-state index in [-0.39, 0.29) is 17.9 Å². The average Bonchev–Trinajstić information content (AvgIpc) is 3.05. The third-order valence-electron chi connectivity index (χ3n) is 4.34. The molecular formula is C18H16N4O2. The predicted octanol–water partition coefficient (Wildman–Crippen LogP) is 1.72. The Hall–Kier alpha value is -3.02. The number of pyridine rings is 1. The van der Waals surface area contributed by atoms with Crippen LogP contribution in [-0.4, -0.2) is 25.3 Å². The molecule has 0 unspecified atom stereocenters. The Morgan fingerprint density at radius 3 is 2.83 bits per heavy atom. The molecule has 6 heteroatoms. The van der Waals surface area contributed by atoms with Crippen LogP contribution in [0.2, 0.25) is 0 Å². The molecule has 6 nitrogen and oxygen atoms in total. The van der Waals surface area contributed by atoms with Crippen molar-refractivity contribution in [3.05, 3.63) is 70.5 Å². The molecule has 0 bridgehead atoms. The van der Waals surface area contributed by atoms with Crippen LogP contribution in [0.15, 0.2) is 53.7 Å². The number of benzene rings is 1. The van der Waals surface area contributed by atoms with Crippen LogP contribution < -0.4 is 5.56 Å². The van der Waals surface area contributed by atoms with Gasteiger partial charge >= 0.3 is 0 Å². The number of nitrogens with zero attached hydrogens (tertiary/aromatic N) is 4. The number of carbonyl (C=O) groups is 1. The molecule has 0 saturated heterocycles. The van der Waals surface area contributed by atoms with Gasteiger partial charge in [-0.3, -0.25) is 19.1 Å². The number of amides is 1. The van der Waals surface area contributed by atoms with Gasteiger partial charge in [0.05, 0.1) is 29.5 Å². The second-order valence-electron chi connectivity index (χ2n) is 5.87. The average molecular weight is 320 g/mol. The third kappa shape index (κ3) is 2.56. The van der Waals surface area contributed by atoms with Gasteiger partial charge in [-0.05, 0) is 23.8 Å². The molecular weight excluding hydrogens is 304 g/mol. The van der Waals surface area contributed by atoms with Gasteiger partial charge in [0.1, 0.15) is 0 Å². The van der Waals surface area contributed by atoms with E-state index >= 15 is 0 Å². The molecule has 1 aromatic carbocycles. The van der Waals surface area contributed by atoms with E-state index in [1.54, 1.807) is 23.2 Å². The normalized spacial score (nSPS) is 13.2. The molecule has 0 fully saturated rings. The fourth-order valence-corrected chi connectivity index (χ4v) is 3.02. The van der Waals surface area contributed by atoms with Crippen molar-refractivity contribution in [2.45, 2.75) is 26.1 Å². The highest BCUT2D eigenvalue weighted by atomic mass is 16.2. The quantitative estimate of drug-likeness (QED) is 0.737. The minimum Gasteiger partial charge on any atom is -0.332 e. The lowest BCUT2D eigenvalue weighted by Crippen LogP contribution is -2.28. The van der Waals surface area contributed by atoms with Gasteiger partial charge in [-0.1, -0.05) is 18.2 Å². The molecule has 0 atom stereocenters. The summed E-state index contributed by atoms with van der Waals surface area (Å²) in [4.78, 5) is 35.2. The molecule has 0 N–H and O–H groups in total. The molecule has 3 aromatic rings. The predicted molar refractivity (Wildman–Crippen MR) is 89.1 cm³/mol. The molecule has 4 rings (SSSR count). The van der Waals surface area contributed by atoms with Crippen LogP contribution in [0.4, 0.5) is 0 Å². The molecule has 0 saturated carbocycles. The van der Waals surface area contributed by atoms with Gasteiger partial charge in [0, 0.05) is 25.7 Å². The fraction of sp³-hybridized carbons (Fsp3) is 0.222. The van der Waals surface area contributed by atoms with Crippen molar-refractivity contribution >= 4 is 16.8 Å². The second kappa shape index (κ2) is 5.88. The van der Waals surface area contributed by atoms with Crippen molar-refractivity contribution in [2.24, 2.45) is 0 Å². The van der Waals surface area contributed by atoms with Gasteiger partial charge in [-0.15, -0.1) is 0 Å². The molecule has 1 amide bonds. The zero-order chi connectivity index (χ0) is 16.5. The summed E-state index contributed by atoms with van der Waals surface area (Å²) < 4.78 is 1.50. The topological polar surface area (TPSA) is 68.1 Å². The zero-order valence-corrected chi connectivity index (χ0v) is 13.1. The van der Waals surface area contributed by atoms with E-state index in [9.17, 15) is 9.59 Å². The maximum atomic E-state index is 12.4. The van der Waals surface area contributed by atoms with Crippen molar-refractivity contribution in [1.29, 1.82) is 0 Å². The van der Waals surface area contributed by atoms with Gasteiger partial charge < -0.3 is 4.90 Å². The van der Waals surface area contributed by atoms with Crippen LogP contribution in [0.3, 0.4) is 0 Å². The molecule has 1 aliphatic rings. The monoisotopic (exact) mass is 320 g/mol. The second-order valence-corrected chi connectivity index (χ2v) is 5.87. The summed E-state index contributed by atoms with van der Waals surface area (Å²) in [6.45, 7) is 1.46. The third-order valence-corrected chi connectivity index (χ3v) is 4.34. The Balaban J connectivity index is 1.47. The van der Waals surface area contributed by atoms with Gasteiger partial charge in [0.15, 0.2) is 0 Å². The Kier molecular flexibility index (Phi) is 3.57. The zero-order valence-electron chi connectivity index (χ0n) is 13.1. The van der Waals surface area contributed by atoms with Crippen molar-refractivity contribution in [2.75, 3.05) is 0 Å². The first kappa shape index (κ1) is 14.6. The van der Waals surface area contributed by atoms with Gasteiger partial charge in [-0.25, -0.2) is 4.98 Å². The lowest BCUT2D eigenvalue weighted by atomic mass is 10.2. The summed E-state index contributed by atoms with van der Waals surface area (Å²) in [6, 6.07) is 11.1. The van der Waals surface area contributed by atoms with Crippen molar-refractivity contribution < 1.29 is 4.79 Å². The number of para-hydroxylation sites is 1. The summed E-state index contributed by atoms with van der Waals surface area (Å²) in [5.41, 5.74) is 2.61. The van der Waals surface area contributed by atoms with Crippen LogP contribution in [0.25, 0.3) is 10.9 Å². The molecule has 0 spiro atoms. The van der Waals surface area contributed by atoms with Crippen LogP contribution >= 0.6 is 0 Å². The van der Waals surface area contributed by atoms with Crippen LogP contribution in [0.1, 0.15) is 17.7 Å². The molecule has 24 heavy (non-hydrogen) atoms. The number of hydrogen-bond donors (Lipinski definition) is 0. The highest BCUT2D eigenvalue weighted by Crippen LogP contribution is 2.20. The first-order valence-electron chi connectivity index (χ1n) is 7.87. The number of hydrogen-bond acceptors (Lipinski definition) is 4. The Morgan fingerprint density at radius 1 is 1.08 bits per heavy atom. The van der Waals surface area contributed by atoms with E-state index in [0.717, 1.165) is 11.3 Å². The molecule has 0 radical (unpaired) electrons. The van der Waals surface area contributed by atoms with Gasteiger partial charge in [0.25, 0.3) is 5.56 Å². The summed E-state index contributed by atoms with van der Waals surface area (Å²) in [6.07, 6.45) is 3.53. The summed E-state index contributed by atoms with van der Waals surface area (Å²) in [5, 5.41) is 0.574. The van der Waals surface area contributed by atoms with Crippen molar-refractivity contribution in [3.63, 3.8) is 0 Å². The number of fused-ring (bicyclic) bond motifs is 2. The highest BCUT2D eigenvalue weighted by molar-refractivity contribution is 5.78. The summed E-state index contributed by atoms with van der Waals surface area (Å²) in [7, 11) is 0. The van der Waals surface area contributed by atoms with E-state index in [2.05, 4.69) is 9.97 Å². The Labute approximate surface area is 138 Å². The first-order valence-corrected chi connectivity index (χ1v) is 7.87. The maximum absolute atomic E-state index is 12.4. The lowest BCUT2D eigenvalue weighted by Gasteiger charge is -2.15. The SMILES string of the molecule is O=C(CCn1cnc2ccccc2c1=O)N1Cc2cccnc2C1. The summed E-state index contributed by atoms with van der Waals surface area (Å²) in [5.74, 6) is 0.0214. The minimum absolute atomic E-state index is 0.0214. The number of rotatable bonds is 3. The minimum atomic E-state index is -0.111. The number of carbonyl (C=O) groups excluding carboxylic acids is 1. The van der Waals surface area contributed by atoms with Crippen molar-refractivity contribution in [1.82, 2.24) is 19.4 Å². The van der Waals surface area contributed by atoms with Crippen LogP contribution in [0.5, 0.6) is 0 Å². The van der Waals surface area contributed by atoms with E-state index in [1.165, 1.54) is 10.9 Å². The first-order chi connectivity index (χ1) is 11.7. The maximum Gasteiger partial charge on any atom is 0.261 e. The smallest absolute Gasteiger partial charge is 0.261 e. The fourth-order valence-electron chi connectivity index (χ4n) is 3.02. The van der Waals surface area contributed by atoms with E-state index in [0.29, 0.717) is 30.5 Å². The van der Waals surface area contributed by atoms with E-state index in [4.69, 9.17) is 0 Å².